The molecule has 0 radical (unpaired) electrons. The van der Waals surface area contributed by atoms with Gasteiger partial charge in [0, 0.05) is 12.4 Å². The molecule has 78 valence electrons. The summed E-state index contributed by atoms with van der Waals surface area (Å²) in [6, 6.07) is 3.91. The Morgan fingerprint density at radius 2 is 2.29 bits per heavy atom. The van der Waals surface area contributed by atoms with Crippen LogP contribution < -0.4 is 0 Å². The van der Waals surface area contributed by atoms with Crippen molar-refractivity contribution in [1.82, 2.24) is 4.98 Å². The molecule has 0 bridgehead atoms. The van der Waals surface area contributed by atoms with Crippen molar-refractivity contribution in [1.29, 1.82) is 0 Å². The molecule has 0 amide bonds. The minimum absolute atomic E-state index is 0.228. The van der Waals surface area contributed by atoms with Crippen molar-refractivity contribution in [2.75, 3.05) is 0 Å². The first-order valence-corrected chi connectivity index (χ1v) is 5.29. The molecule has 1 aromatic rings. The maximum atomic E-state index is 9.78. The Balaban J connectivity index is 2.37. The molecule has 1 N–H and O–H groups in total. The van der Waals surface area contributed by atoms with Crippen LogP contribution in [0.15, 0.2) is 24.5 Å². The lowest BCUT2D eigenvalue weighted by atomic mass is 9.97. The number of rotatable bonds is 5. The minimum atomic E-state index is -0.228. The second kappa shape index (κ2) is 5.76. The zero-order valence-electron chi connectivity index (χ0n) is 8.98. The van der Waals surface area contributed by atoms with Crippen molar-refractivity contribution >= 4 is 0 Å². The molecular formula is C12H19NO. The molecular weight excluding hydrogens is 174 g/mol. The molecule has 2 heteroatoms. The zero-order valence-corrected chi connectivity index (χ0v) is 8.98. The second-order valence-corrected chi connectivity index (χ2v) is 3.97. The highest BCUT2D eigenvalue weighted by molar-refractivity contribution is 5.09. The van der Waals surface area contributed by atoms with Crippen molar-refractivity contribution < 1.29 is 5.11 Å². The number of aromatic nitrogens is 1. The van der Waals surface area contributed by atoms with Gasteiger partial charge in [-0.25, -0.2) is 0 Å². The van der Waals surface area contributed by atoms with Gasteiger partial charge in [0.15, 0.2) is 0 Å². The summed E-state index contributed by atoms with van der Waals surface area (Å²) in [6.45, 7) is 4.33. The Bertz CT molecular complexity index is 248. The highest BCUT2D eigenvalue weighted by atomic mass is 16.3. The summed E-state index contributed by atoms with van der Waals surface area (Å²) < 4.78 is 0. The molecule has 0 aliphatic carbocycles. The summed E-state index contributed by atoms with van der Waals surface area (Å²) in [5.41, 5.74) is 1.11. The summed E-state index contributed by atoms with van der Waals surface area (Å²) in [4.78, 5) is 4.03. The minimum Gasteiger partial charge on any atom is -0.393 e. The van der Waals surface area contributed by atoms with Crippen molar-refractivity contribution in [3.8, 4) is 0 Å². The van der Waals surface area contributed by atoms with E-state index in [2.05, 4.69) is 18.8 Å². The summed E-state index contributed by atoms with van der Waals surface area (Å²) in [7, 11) is 0. The standard InChI is InChI=1S/C12H19NO/c1-3-10(2)7-12(14)8-11-5-4-6-13-9-11/h4-6,9-10,12,14H,3,7-8H2,1-2H3. The average Bonchev–Trinajstić information content (AvgIpc) is 2.19. The SMILES string of the molecule is CCC(C)CC(O)Cc1cccnc1. The van der Waals surface area contributed by atoms with E-state index in [0.29, 0.717) is 5.92 Å². The van der Waals surface area contributed by atoms with E-state index in [1.165, 1.54) is 0 Å². The average molecular weight is 193 g/mol. The van der Waals surface area contributed by atoms with Crippen LogP contribution in [0.1, 0.15) is 32.3 Å². The maximum absolute atomic E-state index is 9.78. The first kappa shape index (κ1) is 11.2. The topological polar surface area (TPSA) is 33.1 Å². The quantitative estimate of drug-likeness (QED) is 0.779. The molecule has 2 atom stereocenters. The molecule has 0 aromatic carbocycles. The molecule has 2 nitrogen and oxygen atoms in total. The third-order valence-electron chi connectivity index (χ3n) is 2.57. The number of aliphatic hydroxyl groups excluding tert-OH is 1. The fourth-order valence-corrected chi connectivity index (χ4v) is 1.51. The molecule has 1 rings (SSSR count). The lowest BCUT2D eigenvalue weighted by Crippen LogP contribution is -2.14. The molecule has 2 unspecified atom stereocenters. The van der Waals surface area contributed by atoms with Gasteiger partial charge in [-0.05, 0) is 30.4 Å². The fraction of sp³-hybridized carbons (Fsp3) is 0.583. The van der Waals surface area contributed by atoms with Crippen molar-refractivity contribution in [2.24, 2.45) is 5.92 Å². The predicted octanol–water partition coefficient (Wildman–Crippen LogP) is 2.42. The van der Waals surface area contributed by atoms with E-state index in [1.54, 1.807) is 6.20 Å². The summed E-state index contributed by atoms with van der Waals surface area (Å²) >= 11 is 0. The monoisotopic (exact) mass is 193 g/mol. The van der Waals surface area contributed by atoms with Crippen LogP contribution in [-0.4, -0.2) is 16.2 Å². The Hall–Kier alpha value is -0.890. The molecule has 1 aromatic heterocycles. The Kier molecular flexibility index (Phi) is 4.60. The van der Waals surface area contributed by atoms with Gasteiger partial charge in [-0.1, -0.05) is 26.3 Å². The van der Waals surface area contributed by atoms with Gasteiger partial charge in [-0.2, -0.15) is 0 Å². The Labute approximate surface area is 86.0 Å². The third-order valence-corrected chi connectivity index (χ3v) is 2.57. The van der Waals surface area contributed by atoms with Gasteiger partial charge in [0.2, 0.25) is 0 Å². The van der Waals surface area contributed by atoms with E-state index >= 15 is 0 Å². The van der Waals surface area contributed by atoms with E-state index in [1.807, 2.05) is 18.3 Å². The van der Waals surface area contributed by atoms with Crippen LogP contribution in [-0.2, 0) is 6.42 Å². The van der Waals surface area contributed by atoms with Crippen molar-refractivity contribution in [2.45, 2.75) is 39.2 Å². The maximum Gasteiger partial charge on any atom is 0.0583 e. The zero-order chi connectivity index (χ0) is 10.4. The highest BCUT2D eigenvalue weighted by Crippen LogP contribution is 2.13. The Morgan fingerprint density at radius 3 is 2.86 bits per heavy atom. The van der Waals surface area contributed by atoms with Crippen LogP contribution in [0.5, 0.6) is 0 Å². The summed E-state index contributed by atoms with van der Waals surface area (Å²) in [5, 5.41) is 9.78. The predicted molar refractivity (Wildman–Crippen MR) is 58.0 cm³/mol. The molecule has 0 saturated carbocycles. The van der Waals surface area contributed by atoms with E-state index in [-0.39, 0.29) is 6.10 Å². The van der Waals surface area contributed by atoms with Crippen molar-refractivity contribution in [3.05, 3.63) is 30.1 Å². The number of pyridine rings is 1. The van der Waals surface area contributed by atoms with Crippen LogP contribution in [0, 0.1) is 5.92 Å². The van der Waals surface area contributed by atoms with Crippen LogP contribution in [0.4, 0.5) is 0 Å². The molecule has 0 spiro atoms. The molecule has 0 aliphatic heterocycles. The van der Waals surface area contributed by atoms with E-state index < -0.39 is 0 Å². The number of hydrogen-bond acceptors (Lipinski definition) is 2. The molecule has 0 saturated heterocycles. The number of nitrogens with zero attached hydrogens (tertiary/aromatic N) is 1. The number of aliphatic hydroxyl groups is 1. The molecule has 0 fully saturated rings. The highest BCUT2D eigenvalue weighted by Gasteiger charge is 2.09. The Morgan fingerprint density at radius 1 is 1.50 bits per heavy atom. The van der Waals surface area contributed by atoms with E-state index in [0.717, 1.165) is 24.8 Å². The van der Waals surface area contributed by atoms with Gasteiger partial charge in [0.05, 0.1) is 6.10 Å². The lowest BCUT2D eigenvalue weighted by molar-refractivity contribution is 0.144. The summed E-state index contributed by atoms with van der Waals surface area (Å²) in [5.74, 6) is 0.599. The van der Waals surface area contributed by atoms with Gasteiger partial charge in [0.25, 0.3) is 0 Å². The van der Waals surface area contributed by atoms with Gasteiger partial charge in [-0.3, -0.25) is 4.98 Å². The fourth-order valence-electron chi connectivity index (χ4n) is 1.51. The molecule has 1 heterocycles. The van der Waals surface area contributed by atoms with E-state index in [9.17, 15) is 5.11 Å². The first-order valence-electron chi connectivity index (χ1n) is 5.29. The largest absolute Gasteiger partial charge is 0.393 e. The first-order chi connectivity index (χ1) is 6.72. The van der Waals surface area contributed by atoms with Gasteiger partial charge in [0.1, 0.15) is 0 Å². The molecule has 14 heavy (non-hydrogen) atoms. The van der Waals surface area contributed by atoms with Crippen LogP contribution >= 0.6 is 0 Å². The number of hydrogen-bond donors (Lipinski definition) is 1. The third kappa shape index (κ3) is 3.88. The van der Waals surface area contributed by atoms with Crippen molar-refractivity contribution in [3.63, 3.8) is 0 Å². The van der Waals surface area contributed by atoms with Gasteiger partial charge >= 0.3 is 0 Å². The van der Waals surface area contributed by atoms with Crippen LogP contribution in [0.2, 0.25) is 0 Å². The summed E-state index contributed by atoms with van der Waals surface area (Å²) in [6.07, 6.45) is 6.08. The van der Waals surface area contributed by atoms with E-state index in [4.69, 9.17) is 0 Å². The second-order valence-electron chi connectivity index (χ2n) is 3.97. The van der Waals surface area contributed by atoms with Crippen LogP contribution in [0.25, 0.3) is 0 Å². The van der Waals surface area contributed by atoms with Gasteiger partial charge in [-0.15, -0.1) is 0 Å². The van der Waals surface area contributed by atoms with Crippen LogP contribution in [0.3, 0.4) is 0 Å². The normalized spacial score (nSPS) is 15.1. The van der Waals surface area contributed by atoms with Gasteiger partial charge < -0.3 is 5.11 Å². The lowest BCUT2D eigenvalue weighted by Gasteiger charge is -2.14. The molecule has 0 aliphatic rings. The smallest absolute Gasteiger partial charge is 0.0583 e.